The van der Waals surface area contributed by atoms with Crippen molar-refractivity contribution in [3.63, 3.8) is 0 Å². The molecule has 0 bridgehead atoms. The number of nitrogen functional groups attached to an aromatic ring is 1. The van der Waals surface area contributed by atoms with Gasteiger partial charge in [0, 0.05) is 6.42 Å². The average molecular weight is 285 g/mol. The Balaban J connectivity index is 1.81. The van der Waals surface area contributed by atoms with Crippen LogP contribution >= 0.6 is 0 Å². The van der Waals surface area contributed by atoms with E-state index in [1.807, 2.05) is 24.3 Å². The molecule has 0 aromatic heterocycles. The molecule has 0 saturated carbocycles. The Hall–Kier alpha value is -2.16. The summed E-state index contributed by atoms with van der Waals surface area (Å²) in [6.45, 7) is 7.50. The molecule has 0 saturated heterocycles. The first-order valence-corrected chi connectivity index (χ1v) is 7.26. The SMILES string of the molecule is Cc1ccc(C)c(OCCCOc2ccccc2N)c1C. The zero-order chi connectivity index (χ0) is 15.2. The zero-order valence-corrected chi connectivity index (χ0v) is 13.0. The number of anilines is 1. The lowest BCUT2D eigenvalue weighted by molar-refractivity contribution is 0.246. The highest BCUT2D eigenvalue weighted by atomic mass is 16.5. The van der Waals surface area contributed by atoms with Gasteiger partial charge in [-0.3, -0.25) is 0 Å². The van der Waals surface area contributed by atoms with Crippen molar-refractivity contribution in [1.82, 2.24) is 0 Å². The van der Waals surface area contributed by atoms with Crippen molar-refractivity contribution in [3.05, 3.63) is 53.1 Å². The van der Waals surface area contributed by atoms with Crippen LogP contribution in [0, 0.1) is 20.8 Å². The second-order valence-corrected chi connectivity index (χ2v) is 5.24. The van der Waals surface area contributed by atoms with Crippen molar-refractivity contribution in [1.29, 1.82) is 0 Å². The number of hydrogen-bond donors (Lipinski definition) is 1. The fourth-order valence-corrected chi connectivity index (χ4v) is 2.17. The molecule has 0 unspecified atom stereocenters. The fourth-order valence-electron chi connectivity index (χ4n) is 2.17. The third-order valence-corrected chi connectivity index (χ3v) is 3.59. The first-order valence-electron chi connectivity index (χ1n) is 7.26. The number of benzene rings is 2. The maximum absolute atomic E-state index is 5.91. The second-order valence-electron chi connectivity index (χ2n) is 5.24. The van der Waals surface area contributed by atoms with Gasteiger partial charge in [-0.05, 0) is 49.6 Å². The van der Waals surface area contributed by atoms with Gasteiger partial charge in [0.1, 0.15) is 11.5 Å². The normalized spacial score (nSPS) is 10.4. The van der Waals surface area contributed by atoms with Crippen molar-refractivity contribution in [2.75, 3.05) is 18.9 Å². The first-order chi connectivity index (χ1) is 10.1. The van der Waals surface area contributed by atoms with Crippen LogP contribution in [0.3, 0.4) is 0 Å². The van der Waals surface area contributed by atoms with E-state index >= 15 is 0 Å². The summed E-state index contributed by atoms with van der Waals surface area (Å²) in [6.07, 6.45) is 0.821. The maximum atomic E-state index is 5.91. The average Bonchev–Trinajstić information content (AvgIpc) is 2.48. The smallest absolute Gasteiger partial charge is 0.142 e. The lowest BCUT2D eigenvalue weighted by atomic mass is 10.1. The third-order valence-electron chi connectivity index (χ3n) is 3.59. The molecule has 21 heavy (non-hydrogen) atoms. The largest absolute Gasteiger partial charge is 0.493 e. The summed E-state index contributed by atoms with van der Waals surface area (Å²) in [7, 11) is 0. The number of para-hydroxylation sites is 2. The van der Waals surface area contributed by atoms with E-state index in [1.54, 1.807) is 0 Å². The molecule has 2 aromatic rings. The summed E-state index contributed by atoms with van der Waals surface area (Å²) in [4.78, 5) is 0. The van der Waals surface area contributed by atoms with Crippen molar-refractivity contribution in [2.24, 2.45) is 0 Å². The van der Waals surface area contributed by atoms with E-state index in [0.717, 1.165) is 17.9 Å². The van der Waals surface area contributed by atoms with Crippen LogP contribution in [0.2, 0.25) is 0 Å². The highest BCUT2D eigenvalue weighted by Crippen LogP contribution is 2.26. The minimum atomic E-state index is 0.595. The molecule has 3 heteroatoms. The van der Waals surface area contributed by atoms with Crippen molar-refractivity contribution >= 4 is 5.69 Å². The molecule has 0 fully saturated rings. The van der Waals surface area contributed by atoms with Crippen molar-refractivity contribution in [3.8, 4) is 11.5 Å². The van der Waals surface area contributed by atoms with E-state index in [4.69, 9.17) is 15.2 Å². The third kappa shape index (κ3) is 3.91. The molecule has 2 N–H and O–H groups in total. The summed E-state index contributed by atoms with van der Waals surface area (Å²) < 4.78 is 11.6. The van der Waals surface area contributed by atoms with Gasteiger partial charge < -0.3 is 15.2 Å². The Morgan fingerprint density at radius 1 is 0.857 bits per heavy atom. The van der Waals surface area contributed by atoms with Gasteiger partial charge >= 0.3 is 0 Å². The van der Waals surface area contributed by atoms with Crippen LogP contribution in [-0.4, -0.2) is 13.2 Å². The monoisotopic (exact) mass is 285 g/mol. The van der Waals surface area contributed by atoms with Gasteiger partial charge in [-0.2, -0.15) is 0 Å². The molecule has 0 spiro atoms. The Labute approximate surface area is 126 Å². The zero-order valence-electron chi connectivity index (χ0n) is 13.0. The number of ether oxygens (including phenoxy) is 2. The number of hydrogen-bond acceptors (Lipinski definition) is 3. The predicted octanol–water partition coefficient (Wildman–Crippen LogP) is 4.04. The Morgan fingerprint density at radius 2 is 1.52 bits per heavy atom. The summed E-state index contributed by atoms with van der Waals surface area (Å²) in [5.74, 6) is 1.73. The van der Waals surface area contributed by atoms with Gasteiger partial charge in [0.2, 0.25) is 0 Å². The van der Waals surface area contributed by atoms with Gasteiger partial charge in [-0.15, -0.1) is 0 Å². The highest BCUT2D eigenvalue weighted by Gasteiger charge is 2.06. The van der Waals surface area contributed by atoms with E-state index < -0.39 is 0 Å². The van der Waals surface area contributed by atoms with E-state index in [2.05, 4.69) is 32.9 Å². The van der Waals surface area contributed by atoms with E-state index in [9.17, 15) is 0 Å². The molecular weight excluding hydrogens is 262 g/mol. The minimum absolute atomic E-state index is 0.595. The van der Waals surface area contributed by atoms with E-state index in [1.165, 1.54) is 16.7 Å². The molecule has 2 rings (SSSR count). The fraction of sp³-hybridized carbons (Fsp3) is 0.333. The van der Waals surface area contributed by atoms with Crippen molar-refractivity contribution < 1.29 is 9.47 Å². The number of nitrogens with two attached hydrogens (primary N) is 1. The maximum Gasteiger partial charge on any atom is 0.142 e. The van der Waals surface area contributed by atoms with Crippen LogP contribution < -0.4 is 15.2 Å². The highest BCUT2D eigenvalue weighted by molar-refractivity contribution is 5.51. The number of rotatable bonds is 6. The van der Waals surface area contributed by atoms with Crippen LogP contribution in [0.5, 0.6) is 11.5 Å². The summed E-state index contributed by atoms with van der Waals surface area (Å²) in [5, 5.41) is 0. The molecule has 0 aliphatic carbocycles. The van der Waals surface area contributed by atoms with Gasteiger partial charge in [0.15, 0.2) is 0 Å². The lowest BCUT2D eigenvalue weighted by Gasteiger charge is -2.14. The molecule has 0 aliphatic rings. The quantitative estimate of drug-likeness (QED) is 0.643. The van der Waals surface area contributed by atoms with Crippen molar-refractivity contribution in [2.45, 2.75) is 27.2 Å². The molecular formula is C18H23NO2. The Bertz CT molecular complexity index is 608. The van der Waals surface area contributed by atoms with Crippen LogP contribution in [0.25, 0.3) is 0 Å². The van der Waals surface area contributed by atoms with Gasteiger partial charge in [-0.25, -0.2) is 0 Å². The second kappa shape index (κ2) is 7.02. The molecule has 0 aliphatic heterocycles. The molecule has 2 aromatic carbocycles. The summed E-state index contributed by atoms with van der Waals surface area (Å²) in [5.41, 5.74) is 10.1. The molecule has 0 atom stereocenters. The topological polar surface area (TPSA) is 44.5 Å². The van der Waals surface area contributed by atoms with Gasteiger partial charge in [0.25, 0.3) is 0 Å². The molecule has 0 heterocycles. The molecule has 0 radical (unpaired) electrons. The molecule has 112 valence electrons. The first kappa shape index (κ1) is 15.2. The Kier molecular flexibility index (Phi) is 5.09. The van der Waals surface area contributed by atoms with E-state index in [-0.39, 0.29) is 0 Å². The van der Waals surface area contributed by atoms with Gasteiger partial charge in [-0.1, -0.05) is 24.3 Å². The molecule has 3 nitrogen and oxygen atoms in total. The molecule has 0 amide bonds. The van der Waals surface area contributed by atoms with E-state index in [0.29, 0.717) is 18.9 Å². The van der Waals surface area contributed by atoms with Crippen LogP contribution in [0.1, 0.15) is 23.1 Å². The number of aryl methyl sites for hydroxylation is 2. The predicted molar refractivity (Wildman–Crippen MR) is 87.1 cm³/mol. The van der Waals surface area contributed by atoms with Crippen LogP contribution in [0.4, 0.5) is 5.69 Å². The van der Waals surface area contributed by atoms with Crippen LogP contribution in [-0.2, 0) is 0 Å². The minimum Gasteiger partial charge on any atom is -0.493 e. The summed E-state index contributed by atoms with van der Waals surface area (Å²) >= 11 is 0. The Morgan fingerprint density at radius 3 is 2.29 bits per heavy atom. The lowest BCUT2D eigenvalue weighted by Crippen LogP contribution is -2.07. The van der Waals surface area contributed by atoms with Gasteiger partial charge in [0.05, 0.1) is 18.9 Å². The standard InChI is InChI=1S/C18H23NO2/c1-13-9-10-14(2)18(15(13)3)21-12-6-11-20-17-8-5-4-7-16(17)19/h4-5,7-10H,6,11-12,19H2,1-3H3. The summed E-state index contributed by atoms with van der Waals surface area (Å²) in [6, 6.07) is 11.8. The van der Waals surface area contributed by atoms with Crippen LogP contribution in [0.15, 0.2) is 36.4 Å².